The molecule has 0 spiro atoms. The first-order valence-corrected chi connectivity index (χ1v) is 7.19. The molecule has 1 amide bonds. The van der Waals surface area contributed by atoms with Gasteiger partial charge in [-0.3, -0.25) is 4.79 Å². The maximum atomic E-state index is 12.7. The smallest absolute Gasteiger partial charge is 0.255 e. The summed E-state index contributed by atoms with van der Waals surface area (Å²) in [7, 11) is 1.87. The number of hydrogen-bond acceptors (Lipinski definition) is 2. The fourth-order valence-electron chi connectivity index (χ4n) is 2.69. The van der Waals surface area contributed by atoms with Gasteiger partial charge in [0.05, 0.1) is 5.56 Å². The maximum Gasteiger partial charge on any atom is 0.255 e. The zero-order valence-electron chi connectivity index (χ0n) is 12.2. The molecule has 1 aliphatic rings. The van der Waals surface area contributed by atoms with Crippen LogP contribution in [0.5, 0.6) is 0 Å². The average Bonchev–Trinajstić information content (AvgIpc) is 2.62. The number of amides is 1. The van der Waals surface area contributed by atoms with Gasteiger partial charge in [-0.05, 0) is 44.2 Å². The van der Waals surface area contributed by atoms with Crippen LogP contribution in [0.3, 0.4) is 0 Å². The first-order chi connectivity index (χ1) is 9.11. The largest absolute Gasteiger partial charge is 0.387 e. The minimum Gasteiger partial charge on any atom is -0.387 e. The number of hydrogen-bond donors (Lipinski definition) is 1. The van der Waals surface area contributed by atoms with E-state index in [1.807, 2.05) is 37.1 Å². The third-order valence-corrected chi connectivity index (χ3v) is 3.98. The van der Waals surface area contributed by atoms with Crippen LogP contribution in [0.4, 0.5) is 5.69 Å². The summed E-state index contributed by atoms with van der Waals surface area (Å²) in [5.41, 5.74) is 2.86. The van der Waals surface area contributed by atoms with Crippen molar-refractivity contribution in [2.45, 2.75) is 33.1 Å². The van der Waals surface area contributed by atoms with E-state index in [0.29, 0.717) is 0 Å². The number of carbonyl (C=O) groups is 1. The number of benzene rings is 1. The first-order valence-electron chi connectivity index (χ1n) is 7.19. The summed E-state index contributed by atoms with van der Waals surface area (Å²) in [4.78, 5) is 14.7. The minimum atomic E-state index is 0.169. The second-order valence-electron chi connectivity index (χ2n) is 5.63. The average molecular weight is 260 g/mol. The number of aryl methyl sites for hydroxylation is 1. The van der Waals surface area contributed by atoms with Crippen LogP contribution in [0, 0.1) is 12.8 Å². The predicted octanol–water partition coefficient (Wildman–Crippen LogP) is 3.30. The number of nitrogens with zero attached hydrogens (tertiary/aromatic N) is 1. The van der Waals surface area contributed by atoms with Gasteiger partial charge in [-0.25, -0.2) is 0 Å². The van der Waals surface area contributed by atoms with Crippen molar-refractivity contribution in [3.8, 4) is 0 Å². The minimum absolute atomic E-state index is 0.169. The summed E-state index contributed by atoms with van der Waals surface area (Å²) in [6.07, 6.45) is 3.47. The highest BCUT2D eigenvalue weighted by atomic mass is 16.2. The van der Waals surface area contributed by atoms with Crippen molar-refractivity contribution in [3.05, 3.63) is 29.3 Å². The Labute approximate surface area is 116 Å². The quantitative estimate of drug-likeness (QED) is 0.885. The van der Waals surface area contributed by atoms with Gasteiger partial charge in [0.25, 0.3) is 5.91 Å². The topological polar surface area (TPSA) is 32.3 Å². The van der Waals surface area contributed by atoms with Crippen LogP contribution in [-0.2, 0) is 0 Å². The first kappa shape index (κ1) is 13.9. The van der Waals surface area contributed by atoms with Crippen molar-refractivity contribution in [2.75, 3.05) is 25.5 Å². The standard InChI is InChI=1S/C16H24N2O/c1-12-5-4-9-18(10-8-12)16(19)14-11-13(2)6-7-15(14)17-3/h6-7,11-12,17H,4-5,8-10H2,1-3H3. The monoisotopic (exact) mass is 260 g/mol. The van der Waals surface area contributed by atoms with Crippen molar-refractivity contribution in [3.63, 3.8) is 0 Å². The summed E-state index contributed by atoms with van der Waals surface area (Å²) in [6.45, 7) is 6.08. The molecule has 3 heteroatoms. The number of anilines is 1. The van der Waals surface area contributed by atoms with Crippen LogP contribution in [-0.4, -0.2) is 30.9 Å². The Morgan fingerprint density at radius 1 is 1.32 bits per heavy atom. The molecule has 1 aliphatic heterocycles. The summed E-state index contributed by atoms with van der Waals surface area (Å²) in [5, 5.41) is 3.12. The lowest BCUT2D eigenvalue weighted by Gasteiger charge is -2.22. The highest BCUT2D eigenvalue weighted by Crippen LogP contribution is 2.22. The Bertz CT molecular complexity index is 456. The van der Waals surface area contributed by atoms with Crippen molar-refractivity contribution >= 4 is 11.6 Å². The molecule has 3 nitrogen and oxygen atoms in total. The fourth-order valence-corrected chi connectivity index (χ4v) is 2.69. The molecule has 0 aliphatic carbocycles. The van der Waals surface area contributed by atoms with Crippen molar-refractivity contribution in [1.82, 2.24) is 4.90 Å². The molecule has 2 rings (SSSR count). The summed E-state index contributed by atoms with van der Waals surface area (Å²) < 4.78 is 0. The van der Waals surface area contributed by atoms with E-state index in [9.17, 15) is 4.79 Å². The molecule has 1 atom stereocenters. The molecule has 1 heterocycles. The van der Waals surface area contributed by atoms with Gasteiger partial charge in [0.15, 0.2) is 0 Å². The normalized spacial score (nSPS) is 19.9. The molecule has 1 saturated heterocycles. The highest BCUT2D eigenvalue weighted by molar-refractivity contribution is 5.99. The van der Waals surface area contributed by atoms with E-state index in [1.54, 1.807) is 0 Å². The molecule has 1 aromatic rings. The number of rotatable bonds is 2. The van der Waals surface area contributed by atoms with Crippen LogP contribution in [0.1, 0.15) is 42.1 Å². The third-order valence-electron chi connectivity index (χ3n) is 3.98. The lowest BCUT2D eigenvalue weighted by Crippen LogP contribution is -2.32. The van der Waals surface area contributed by atoms with E-state index >= 15 is 0 Å². The molecule has 1 fully saturated rings. The lowest BCUT2D eigenvalue weighted by atomic mass is 10.0. The fraction of sp³-hybridized carbons (Fsp3) is 0.562. The van der Waals surface area contributed by atoms with Gasteiger partial charge in [0, 0.05) is 25.8 Å². The van der Waals surface area contributed by atoms with E-state index in [4.69, 9.17) is 0 Å². The molecular formula is C16H24N2O. The van der Waals surface area contributed by atoms with E-state index in [1.165, 1.54) is 6.42 Å². The van der Waals surface area contributed by atoms with E-state index in [2.05, 4.69) is 12.2 Å². The predicted molar refractivity (Wildman–Crippen MR) is 79.6 cm³/mol. The van der Waals surface area contributed by atoms with Crippen molar-refractivity contribution < 1.29 is 4.79 Å². The van der Waals surface area contributed by atoms with E-state index in [0.717, 1.165) is 48.7 Å². The zero-order chi connectivity index (χ0) is 13.8. The van der Waals surface area contributed by atoms with Crippen LogP contribution in [0.2, 0.25) is 0 Å². The van der Waals surface area contributed by atoms with E-state index < -0.39 is 0 Å². The molecule has 1 aromatic carbocycles. The number of carbonyl (C=O) groups excluding carboxylic acids is 1. The van der Waals surface area contributed by atoms with Gasteiger partial charge in [0.2, 0.25) is 0 Å². The molecule has 1 N–H and O–H groups in total. The van der Waals surface area contributed by atoms with Crippen molar-refractivity contribution in [1.29, 1.82) is 0 Å². The van der Waals surface area contributed by atoms with Gasteiger partial charge in [-0.1, -0.05) is 18.6 Å². The number of nitrogens with one attached hydrogen (secondary N) is 1. The molecule has 0 saturated carbocycles. The SMILES string of the molecule is CNc1ccc(C)cc1C(=O)N1CCCC(C)CC1. The van der Waals surface area contributed by atoms with Gasteiger partial charge >= 0.3 is 0 Å². The van der Waals surface area contributed by atoms with Gasteiger partial charge in [0.1, 0.15) is 0 Å². The van der Waals surface area contributed by atoms with E-state index in [-0.39, 0.29) is 5.91 Å². The Morgan fingerprint density at radius 3 is 2.84 bits per heavy atom. The molecule has 0 bridgehead atoms. The Kier molecular flexibility index (Phi) is 4.46. The molecule has 19 heavy (non-hydrogen) atoms. The highest BCUT2D eigenvalue weighted by Gasteiger charge is 2.21. The summed E-state index contributed by atoms with van der Waals surface area (Å²) in [6, 6.07) is 6.01. The second-order valence-corrected chi connectivity index (χ2v) is 5.63. The van der Waals surface area contributed by atoms with Crippen LogP contribution >= 0.6 is 0 Å². The van der Waals surface area contributed by atoms with Crippen molar-refractivity contribution in [2.24, 2.45) is 5.92 Å². The maximum absolute atomic E-state index is 12.7. The molecular weight excluding hydrogens is 236 g/mol. The molecule has 0 radical (unpaired) electrons. The Hall–Kier alpha value is -1.51. The summed E-state index contributed by atoms with van der Waals surface area (Å²) >= 11 is 0. The van der Waals surface area contributed by atoms with Crippen LogP contribution in [0.15, 0.2) is 18.2 Å². The zero-order valence-corrected chi connectivity index (χ0v) is 12.2. The Balaban J connectivity index is 2.21. The van der Waals surface area contributed by atoms with Gasteiger partial charge in [-0.15, -0.1) is 0 Å². The molecule has 104 valence electrons. The van der Waals surface area contributed by atoms with Crippen LogP contribution in [0.25, 0.3) is 0 Å². The van der Waals surface area contributed by atoms with Crippen LogP contribution < -0.4 is 5.32 Å². The molecule has 0 aromatic heterocycles. The third kappa shape index (κ3) is 3.28. The van der Waals surface area contributed by atoms with Gasteiger partial charge in [-0.2, -0.15) is 0 Å². The summed E-state index contributed by atoms with van der Waals surface area (Å²) in [5.74, 6) is 0.904. The second kappa shape index (κ2) is 6.09. The molecule has 1 unspecified atom stereocenters. The Morgan fingerprint density at radius 2 is 2.11 bits per heavy atom. The number of likely N-dealkylation sites (tertiary alicyclic amines) is 1. The van der Waals surface area contributed by atoms with Gasteiger partial charge < -0.3 is 10.2 Å². The lowest BCUT2D eigenvalue weighted by molar-refractivity contribution is 0.0761.